The maximum absolute atomic E-state index is 4.23. The van der Waals surface area contributed by atoms with E-state index in [1.165, 1.54) is 29.5 Å². The molecule has 0 heterocycles. The highest BCUT2D eigenvalue weighted by molar-refractivity contribution is 9.10. The van der Waals surface area contributed by atoms with Gasteiger partial charge in [-0.3, -0.25) is 0 Å². The van der Waals surface area contributed by atoms with Crippen molar-refractivity contribution in [2.75, 3.05) is 0 Å². The Morgan fingerprint density at radius 1 is 1.36 bits per heavy atom. The van der Waals surface area contributed by atoms with E-state index in [1.54, 1.807) is 0 Å². The number of rotatable bonds is 0. The van der Waals surface area contributed by atoms with Crippen LogP contribution in [0, 0.1) is 5.41 Å². The topological polar surface area (TPSA) is 0 Å². The highest BCUT2D eigenvalue weighted by Crippen LogP contribution is 2.43. The number of allylic oxidation sites excluding steroid dienone is 1. The molecule has 0 radical (unpaired) electrons. The van der Waals surface area contributed by atoms with Crippen LogP contribution in [-0.4, -0.2) is 0 Å². The van der Waals surface area contributed by atoms with Crippen LogP contribution in [-0.2, 0) is 6.42 Å². The largest absolute Gasteiger partial charge is 0.0947 e. The summed E-state index contributed by atoms with van der Waals surface area (Å²) in [4.78, 5) is 0. The van der Waals surface area contributed by atoms with Gasteiger partial charge in [0, 0.05) is 4.47 Å². The van der Waals surface area contributed by atoms with Gasteiger partial charge in [-0.1, -0.05) is 42.4 Å². The maximum atomic E-state index is 4.23. The highest BCUT2D eigenvalue weighted by atomic mass is 79.9. The van der Waals surface area contributed by atoms with Crippen molar-refractivity contribution in [3.05, 3.63) is 40.4 Å². The minimum absolute atomic E-state index is 0.258. The van der Waals surface area contributed by atoms with Crippen molar-refractivity contribution in [2.45, 2.75) is 26.7 Å². The van der Waals surface area contributed by atoms with Crippen LogP contribution in [0.3, 0.4) is 0 Å². The molecular weight excluding hydrogens is 236 g/mol. The van der Waals surface area contributed by atoms with Gasteiger partial charge in [0.2, 0.25) is 0 Å². The Morgan fingerprint density at radius 3 is 2.79 bits per heavy atom. The monoisotopic (exact) mass is 250 g/mol. The van der Waals surface area contributed by atoms with Crippen LogP contribution in [0.5, 0.6) is 0 Å². The van der Waals surface area contributed by atoms with Gasteiger partial charge >= 0.3 is 0 Å². The molecule has 14 heavy (non-hydrogen) atoms. The van der Waals surface area contributed by atoms with Crippen LogP contribution >= 0.6 is 15.9 Å². The van der Waals surface area contributed by atoms with E-state index in [9.17, 15) is 0 Å². The van der Waals surface area contributed by atoms with Crippen molar-refractivity contribution >= 4 is 21.5 Å². The minimum atomic E-state index is 0.258. The van der Waals surface area contributed by atoms with Crippen molar-refractivity contribution in [1.29, 1.82) is 0 Å². The molecule has 0 N–H and O–H groups in total. The van der Waals surface area contributed by atoms with Crippen LogP contribution in [0.4, 0.5) is 0 Å². The summed E-state index contributed by atoms with van der Waals surface area (Å²) in [6.45, 7) is 8.78. The van der Waals surface area contributed by atoms with E-state index in [0.717, 1.165) is 4.47 Å². The lowest BCUT2D eigenvalue weighted by atomic mass is 9.71. The SMILES string of the molecule is C=C1c2cc(Br)ccc2CCC1(C)C. The molecule has 74 valence electrons. The molecule has 2 rings (SSSR count). The number of hydrogen-bond acceptors (Lipinski definition) is 0. The first-order valence-corrected chi connectivity index (χ1v) is 5.78. The van der Waals surface area contributed by atoms with Crippen LogP contribution in [0.1, 0.15) is 31.4 Å². The Kier molecular flexibility index (Phi) is 2.30. The molecule has 0 aliphatic heterocycles. The van der Waals surface area contributed by atoms with Gasteiger partial charge in [0.05, 0.1) is 0 Å². The molecule has 1 heteroatoms. The summed E-state index contributed by atoms with van der Waals surface area (Å²) in [6.07, 6.45) is 2.38. The zero-order chi connectivity index (χ0) is 10.3. The van der Waals surface area contributed by atoms with Gasteiger partial charge in [-0.15, -0.1) is 0 Å². The molecule has 0 amide bonds. The van der Waals surface area contributed by atoms with Gasteiger partial charge < -0.3 is 0 Å². The van der Waals surface area contributed by atoms with Crippen molar-refractivity contribution < 1.29 is 0 Å². The van der Waals surface area contributed by atoms with E-state index in [-0.39, 0.29) is 5.41 Å². The molecular formula is C13H15Br. The molecule has 0 nitrogen and oxygen atoms in total. The predicted molar refractivity (Wildman–Crippen MR) is 65.3 cm³/mol. The number of halogens is 1. The third-order valence-electron chi connectivity index (χ3n) is 3.23. The molecule has 0 unspecified atom stereocenters. The zero-order valence-corrected chi connectivity index (χ0v) is 10.3. The first-order chi connectivity index (χ1) is 6.50. The zero-order valence-electron chi connectivity index (χ0n) is 8.73. The summed E-state index contributed by atoms with van der Waals surface area (Å²) in [5.41, 5.74) is 4.32. The second-order valence-corrected chi connectivity index (χ2v) is 5.58. The first kappa shape index (κ1) is 9.97. The van der Waals surface area contributed by atoms with Crippen molar-refractivity contribution in [3.8, 4) is 0 Å². The maximum Gasteiger partial charge on any atom is 0.0181 e. The molecule has 0 saturated heterocycles. The number of fused-ring (bicyclic) bond motifs is 1. The van der Waals surface area contributed by atoms with Crippen LogP contribution in [0.25, 0.3) is 5.57 Å². The molecule has 0 atom stereocenters. The van der Waals surface area contributed by atoms with Crippen LogP contribution in [0.15, 0.2) is 29.3 Å². The highest BCUT2D eigenvalue weighted by Gasteiger charge is 2.28. The Balaban J connectivity index is 2.54. The fraction of sp³-hybridized carbons (Fsp3) is 0.385. The summed E-state index contributed by atoms with van der Waals surface area (Å²) < 4.78 is 1.15. The van der Waals surface area contributed by atoms with Crippen molar-refractivity contribution in [1.82, 2.24) is 0 Å². The molecule has 0 bridgehead atoms. The molecule has 0 aromatic heterocycles. The molecule has 1 aromatic rings. The third kappa shape index (κ3) is 1.54. The van der Waals surface area contributed by atoms with Gasteiger partial charge in [-0.2, -0.15) is 0 Å². The molecule has 0 saturated carbocycles. The van der Waals surface area contributed by atoms with E-state index < -0.39 is 0 Å². The van der Waals surface area contributed by atoms with Crippen LogP contribution < -0.4 is 0 Å². The van der Waals surface area contributed by atoms with Crippen LogP contribution in [0.2, 0.25) is 0 Å². The second kappa shape index (κ2) is 3.23. The van der Waals surface area contributed by atoms with Crippen molar-refractivity contribution in [3.63, 3.8) is 0 Å². The number of aryl methyl sites for hydroxylation is 1. The first-order valence-electron chi connectivity index (χ1n) is 4.99. The summed E-state index contributed by atoms with van der Waals surface area (Å²) in [6, 6.07) is 6.52. The molecule has 1 aliphatic rings. The van der Waals surface area contributed by atoms with Gasteiger partial charge in [0.1, 0.15) is 0 Å². The average molecular weight is 251 g/mol. The fourth-order valence-corrected chi connectivity index (χ4v) is 2.37. The van der Waals surface area contributed by atoms with Gasteiger partial charge in [-0.05, 0) is 47.1 Å². The summed E-state index contributed by atoms with van der Waals surface area (Å²) in [7, 11) is 0. The lowest BCUT2D eigenvalue weighted by Crippen LogP contribution is -2.20. The molecule has 1 aromatic carbocycles. The average Bonchev–Trinajstić information content (AvgIpc) is 2.13. The Bertz CT molecular complexity index is 388. The Labute approximate surface area is 94.2 Å². The molecule has 0 spiro atoms. The predicted octanol–water partition coefficient (Wildman–Crippen LogP) is 4.43. The summed E-state index contributed by atoms with van der Waals surface area (Å²) in [5, 5.41) is 0. The number of benzene rings is 1. The third-order valence-corrected chi connectivity index (χ3v) is 3.73. The van der Waals surface area contributed by atoms with E-state index >= 15 is 0 Å². The van der Waals surface area contributed by atoms with Gasteiger partial charge in [0.25, 0.3) is 0 Å². The van der Waals surface area contributed by atoms with Gasteiger partial charge in [-0.25, -0.2) is 0 Å². The molecule has 1 aliphatic carbocycles. The standard InChI is InChI=1S/C13H15Br/c1-9-12-8-11(14)5-4-10(12)6-7-13(9,2)3/h4-5,8H,1,6-7H2,2-3H3. The van der Waals surface area contributed by atoms with E-state index in [1.807, 2.05) is 0 Å². The van der Waals surface area contributed by atoms with Gasteiger partial charge in [0.15, 0.2) is 0 Å². The Morgan fingerprint density at radius 2 is 2.07 bits per heavy atom. The lowest BCUT2D eigenvalue weighted by Gasteiger charge is -2.34. The fourth-order valence-electron chi connectivity index (χ4n) is 2.01. The Hall–Kier alpha value is -0.560. The minimum Gasteiger partial charge on any atom is -0.0947 e. The quantitative estimate of drug-likeness (QED) is 0.639. The summed E-state index contributed by atoms with van der Waals surface area (Å²) >= 11 is 3.51. The number of hydrogen-bond donors (Lipinski definition) is 0. The summed E-state index contributed by atoms with van der Waals surface area (Å²) in [5.74, 6) is 0. The lowest BCUT2D eigenvalue weighted by molar-refractivity contribution is 0.444. The van der Waals surface area contributed by atoms with E-state index in [2.05, 4.69) is 54.6 Å². The smallest absolute Gasteiger partial charge is 0.0181 e. The normalized spacial score (nSPS) is 19.2. The molecule has 0 fully saturated rings. The second-order valence-electron chi connectivity index (χ2n) is 4.66. The van der Waals surface area contributed by atoms with Crippen molar-refractivity contribution in [2.24, 2.45) is 5.41 Å². The van der Waals surface area contributed by atoms with E-state index in [0.29, 0.717) is 0 Å². The van der Waals surface area contributed by atoms with E-state index in [4.69, 9.17) is 0 Å².